The van der Waals surface area contributed by atoms with Gasteiger partial charge in [0.2, 0.25) is 0 Å². The first kappa shape index (κ1) is 13.7. The number of hydrogen-bond donors (Lipinski definition) is 1. The zero-order valence-electron chi connectivity index (χ0n) is 11.8. The molecule has 0 amide bonds. The van der Waals surface area contributed by atoms with E-state index in [1.165, 1.54) is 16.6 Å². The van der Waals surface area contributed by atoms with Gasteiger partial charge in [0.05, 0.1) is 5.41 Å². The van der Waals surface area contributed by atoms with Crippen molar-refractivity contribution in [3.8, 4) is 0 Å². The third kappa shape index (κ3) is 2.80. The number of carboxylic acids is 1. The molecule has 102 valence electrons. The second kappa shape index (κ2) is 5.08. The molecule has 2 rings (SSSR count). The minimum absolute atomic E-state index is 0.642. The lowest BCUT2D eigenvalue weighted by molar-refractivity contribution is -0.147. The molecule has 0 spiro atoms. The lowest BCUT2D eigenvalue weighted by Gasteiger charge is -2.19. The van der Waals surface area contributed by atoms with Crippen molar-refractivity contribution in [1.29, 1.82) is 0 Å². The maximum absolute atomic E-state index is 11.1. The average molecular weight is 259 g/mol. The summed E-state index contributed by atoms with van der Waals surface area (Å²) in [7, 11) is 0. The first-order chi connectivity index (χ1) is 8.92. The van der Waals surface area contributed by atoms with Gasteiger partial charge in [0, 0.05) is 17.8 Å². The molecule has 19 heavy (non-hydrogen) atoms. The average Bonchev–Trinajstić information content (AvgIpc) is 2.65. The number of aromatic nitrogens is 1. The topological polar surface area (TPSA) is 42.2 Å². The second-order valence-electron chi connectivity index (χ2n) is 5.79. The van der Waals surface area contributed by atoms with Gasteiger partial charge >= 0.3 is 5.97 Å². The quantitative estimate of drug-likeness (QED) is 0.886. The van der Waals surface area contributed by atoms with E-state index < -0.39 is 11.4 Å². The summed E-state index contributed by atoms with van der Waals surface area (Å²) in [5, 5.41) is 10.4. The minimum atomic E-state index is -0.721. The van der Waals surface area contributed by atoms with Gasteiger partial charge in [-0.1, -0.05) is 18.2 Å². The SMILES string of the molecule is Cc1cc2ccccc2n1CCCC(C)(C)C(=O)O. The summed E-state index contributed by atoms with van der Waals surface area (Å²) in [6, 6.07) is 10.5. The Hall–Kier alpha value is -1.77. The number of aliphatic carboxylic acids is 1. The van der Waals surface area contributed by atoms with Crippen LogP contribution >= 0.6 is 0 Å². The van der Waals surface area contributed by atoms with E-state index in [-0.39, 0.29) is 0 Å². The van der Waals surface area contributed by atoms with Crippen molar-refractivity contribution < 1.29 is 9.90 Å². The van der Waals surface area contributed by atoms with E-state index in [2.05, 4.69) is 29.7 Å². The highest BCUT2D eigenvalue weighted by molar-refractivity contribution is 5.81. The summed E-state index contributed by atoms with van der Waals surface area (Å²) in [6.07, 6.45) is 1.56. The van der Waals surface area contributed by atoms with Crippen LogP contribution in [0.1, 0.15) is 32.4 Å². The second-order valence-corrected chi connectivity index (χ2v) is 5.79. The van der Waals surface area contributed by atoms with Crippen molar-refractivity contribution in [3.05, 3.63) is 36.0 Å². The van der Waals surface area contributed by atoms with Gasteiger partial charge in [-0.25, -0.2) is 0 Å². The highest BCUT2D eigenvalue weighted by Gasteiger charge is 2.26. The van der Waals surface area contributed by atoms with Crippen LogP contribution < -0.4 is 0 Å². The third-order valence-corrected chi connectivity index (χ3v) is 3.78. The Bertz CT molecular complexity index is 596. The van der Waals surface area contributed by atoms with Crippen LogP contribution in [0.2, 0.25) is 0 Å². The highest BCUT2D eigenvalue weighted by atomic mass is 16.4. The highest BCUT2D eigenvalue weighted by Crippen LogP contribution is 2.25. The molecule has 0 fully saturated rings. The zero-order chi connectivity index (χ0) is 14.0. The Morgan fingerprint density at radius 3 is 2.68 bits per heavy atom. The summed E-state index contributed by atoms with van der Waals surface area (Å²) in [5.74, 6) is -0.721. The lowest BCUT2D eigenvalue weighted by Crippen LogP contribution is -2.23. The summed E-state index contributed by atoms with van der Waals surface area (Å²) >= 11 is 0. The van der Waals surface area contributed by atoms with Crippen LogP contribution in [0.3, 0.4) is 0 Å². The molecule has 0 aliphatic rings. The lowest BCUT2D eigenvalue weighted by atomic mass is 9.88. The molecule has 0 unspecified atom stereocenters. The number of fused-ring (bicyclic) bond motifs is 1. The molecule has 0 saturated carbocycles. The van der Waals surface area contributed by atoms with Gasteiger partial charge in [-0.05, 0) is 51.1 Å². The molecule has 0 saturated heterocycles. The van der Waals surface area contributed by atoms with E-state index in [0.717, 1.165) is 13.0 Å². The van der Waals surface area contributed by atoms with E-state index in [1.54, 1.807) is 13.8 Å². The molecule has 1 aromatic carbocycles. The Balaban J connectivity index is 2.10. The van der Waals surface area contributed by atoms with Crippen molar-refractivity contribution in [1.82, 2.24) is 4.57 Å². The molecule has 0 aliphatic heterocycles. The Kier molecular flexibility index (Phi) is 3.65. The fraction of sp³-hybridized carbons (Fsp3) is 0.438. The van der Waals surface area contributed by atoms with Gasteiger partial charge in [-0.3, -0.25) is 4.79 Å². The number of carboxylic acid groups (broad SMARTS) is 1. The number of para-hydroxylation sites is 1. The van der Waals surface area contributed by atoms with E-state index in [0.29, 0.717) is 6.42 Å². The molecule has 3 nitrogen and oxygen atoms in total. The number of carbonyl (C=O) groups is 1. The van der Waals surface area contributed by atoms with Crippen LogP contribution in [-0.2, 0) is 11.3 Å². The predicted molar refractivity (Wildman–Crippen MR) is 77.3 cm³/mol. The molecule has 0 atom stereocenters. The van der Waals surface area contributed by atoms with Crippen molar-refractivity contribution in [2.75, 3.05) is 0 Å². The number of hydrogen-bond acceptors (Lipinski definition) is 1. The summed E-state index contributed by atoms with van der Waals surface area (Å²) in [5.41, 5.74) is 1.82. The molecule has 0 bridgehead atoms. The largest absolute Gasteiger partial charge is 0.481 e. The van der Waals surface area contributed by atoms with Crippen molar-refractivity contribution in [2.24, 2.45) is 5.41 Å². The van der Waals surface area contributed by atoms with Gasteiger partial charge in [-0.2, -0.15) is 0 Å². The van der Waals surface area contributed by atoms with Crippen molar-refractivity contribution >= 4 is 16.9 Å². The Morgan fingerprint density at radius 2 is 2.00 bits per heavy atom. The Labute approximate surface area is 113 Å². The normalized spacial score (nSPS) is 11.9. The van der Waals surface area contributed by atoms with E-state index in [4.69, 9.17) is 5.11 Å². The van der Waals surface area contributed by atoms with E-state index >= 15 is 0 Å². The molecule has 0 radical (unpaired) electrons. The molecule has 3 heteroatoms. The van der Waals surface area contributed by atoms with E-state index in [1.807, 2.05) is 12.1 Å². The van der Waals surface area contributed by atoms with Crippen LogP contribution in [0, 0.1) is 12.3 Å². The number of aryl methyl sites for hydroxylation is 2. The van der Waals surface area contributed by atoms with Gasteiger partial charge in [0.25, 0.3) is 0 Å². The molecule has 1 aromatic heterocycles. The van der Waals surface area contributed by atoms with Crippen molar-refractivity contribution in [2.45, 2.75) is 40.2 Å². The predicted octanol–water partition coefficient (Wildman–Crippen LogP) is 3.84. The fourth-order valence-electron chi connectivity index (χ4n) is 2.43. The Morgan fingerprint density at radius 1 is 1.32 bits per heavy atom. The number of benzene rings is 1. The van der Waals surface area contributed by atoms with Crippen LogP contribution in [0.15, 0.2) is 30.3 Å². The zero-order valence-corrected chi connectivity index (χ0v) is 11.8. The van der Waals surface area contributed by atoms with Crippen LogP contribution in [-0.4, -0.2) is 15.6 Å². The minimum Gasteiger partial charge on any atom is -0.481 e. The first-order valence-electron chi connectivity index (χ1n) is 6.70. The number of rotatable bonds is 5. The van der Waals surface area contributed by atoms with Crippen molar-refractivity contribution in [3.63, 3.8) is 0 Å². The number of nitrogens with zero attached hydrogens (tertiary/aromatic N) is 1. The molecule has 1 heterocycles. The molecule has 1 N–H and O–H groups in total. The molecule has 2 aromatic rings. The molecular weight excluding hydrogens is 238 g/mol. The van der Waals surface area contributed by atoms with Gasteiger partial charge in [-0.15, -0.1) is 0 Å². The maximum atomic E-state index is 11.1. The molecule has 0 aliphatic carbocycles. The van der Waals surface area contributed by atoms with Gasteiger partial charge < -0.3 is 9.67 Å². The van der Waals surface area contributed by atoms with Crippen LogP contribution in [0.4, 0.5) is 0 Å². The standard InChI is InChI=1S/C16H21NO2/c1-12-11-13-7-4-5-8-14(13)17(12)10-6-9-16(2,3)15(18)19/h4-5,7-8,11H,6,9-10H2,1-3H3,(H,18,19). The van der Waals surface area contributed by atoms with Gasteiger partial charge in [0.1, 0.15) is 0 Å². The maximum Gasteiger partial charge on any atom is 0.309 e. The van der Waals surface area contributed by atoms with Crippen LogP contribution in [0.5, 0.6) is 0 Å². The van der Waals surface area contributed by atoms with Gasteiger partial charge in [0.15, 0.2) is 0 Å². The van der Waals surface area contributed by atoms with E-state index in [9.17, 15) is 4.79 Å². The molecular formula is C16H21NO2. The monoisotopic (exact) mass is 259 g/mol. The smallest absolute Gasteiger partial charge is 0.309 e. The third-order valence-electron chi connectivity index (χ3n) is 3.78. The summed E-state index contributed by atoms with van der Waals surface area (Å²) in [6.45, 7) is 6.55. The first-order valence-corrected chi connectivity index (χ1v) is 6.70. The van der Waals surface area contributed by atoms with Crippen LogP contribution in [0.25, 0.3) is 10.9 Å². The summed E-state index contributed by atoms with van der Waals surface area (Å²) < 4.78 is 2.27. The summed E-state index contributed by atoms with van der Waals surface area (Å²) in [4.78, 5) is 11.1. The fourth-order valence-corrected chi connectivity index (χ4v) is 2.43.